The summed E-state index contributed by atoms with van der Waals surface area (Å²) in [6.07, 6.45) is 3.03. The summed E-state index contributed by atoms with van der Waals surface area (Å²) in [6, 6.07) is 16.5. The molecule has 6 nitrogen and oxygen atoms in total. The molecule has 1 amide bonds. The number of benzene rings is 2. The first-order valence-corrected chi connectivity index (χ1v) is 9.28. The van der Waals surface area contributed by atoms with Gasteiger partial charge in [-0.05, 0) is 30.4 Å². The van der Waals surface area contributed by atoms with E-state index in [1.807, 2.05) is 41.3 Å². The molecular weight excluding hydrogens is 344 g/mol. The van der Waals surface area contributed by atoms with Gasteiger partial charge in [-0.1, -0.05) is 42.5 Å². The zero-order valence-corrected chi connectivity index (χ0v) is 15.3. The average molecular weight is 368 g/mol. The number of carbonyl (C=O) groups excluding carboxylic acids is 1. The van der Waals surface area contributed by atoms with Gasteiger partial charge in [0.1, 0.15) is 0 Å². The molecule has 0 spiro atoms. The zero-order chi connectivity index (χ0) is 19.1. The molecule has 1 heterocycles. The van der Waals surface area contributed by atoms with Crippen molar-refractivity contribution in [3.05, 3.63) is 75.8 Å². The van der Waals surface area contributed by atoms with E-state index in [1.54, 1.807) is 6.07 Å². The number of amides is 1. The van der Waals surface area contributed by atoms with Crippen LogP contribution >= 0.6 is 0 Å². The molecule has 0 saturated carbocycles. The Morgan fingerprint density at radius 3 is 2.70 bits per heavy atom. The Labute approximate surface area is 158 Å². The lowest BCUT2D eigenvalue weighted by Crippen LogP contribution is -2.43. The minimum absolute atomic E-state index is 0.0290. The minimum Gasteiger partial charge on any atom is -0.372 e. The molecular formula is C21H24N2O4. The number of hydrogen-bond acceptors (Lipinski definition) is 4. The van der Waals surface area contributed by atoms with E-state index >= 15 is 0 Å². The number of rotatable bonds is 7. The molecule has 6 heteroatoms. The van der Waals surface area contributed by atoms with Gasteiger partial charge >= 0.3 is 0 Å². The first-order valence-electron chi connectivity index (χ1n) is 9.28. The van der Waals surface area contributed by atoms with Crippen LogP contribution in [0.2, 0.25) is 0 Å². The minimum atomic E-state index is -0.406. The predicted molar refractivity (Wildman–Crippen MR) is 102 cm³/mol. The van der Waals surface area contributed by atoms with Crippen LogP contribution < -0.4 is 0 Å². The van der Waals surface area contributed by atoms with Crippen molar-refractivity contribution >= 4 is 11.6 Å². The summed E-state index contributed by atoms with van der Waals surface area (Å²) in [5, 5.41) is 10.9. The average Bonchev–Trinajstić information content (AvgIpc) is 2.71. The van der Waals surface area contributed by atoms with Gasteiger partial charge in [0, 0.05) is 31.6 Å². The van der Waals surface area contributed by atoms with E-state index in [0.717, 1.165) is 31.4 Å². The molecule has 1 unspecified atom stereocenters. The maximum atomic E-state index is 12.5. The van der Waals surface area contributed by atoms with Crippen molar-refractivity contribution < 1.29 is 14.5 Å². The third-order valence-electron chi connectivity index (χ3n) is 4.81. The molecule has 0 N–H and O–H groups in total. The highest BCUT2D eigenvalue weighted by atomic mass is 16.6. The summed E-state index contributed by atoms with van der Waals surface area (Å²) in [4.78, 5) is 24.8. The van der Waals surface area contributed by atoms with Crippen molar-refractivity contribution in [2.75, 3.05) is 13.1 Å². The molecule has 0 aliphatic carbocycles. The van der Waals surface area contributed by atoms with Gasteiger partial charge in [0.15, 0.2) is 0 Å². The number of likely N-dealkylation sites (tertiary alicyclic amines) is 1. The molecule has 0 aromatic heterocycles. The van der Waals surface area contributed by atoms with Crippen LogP contribution in [0, 0.1) is 10.1 Å². The van der Waals surface area contributed by atoms with Crippen LogP contribution in [0.5, 0.6) is 0 Å². The second-order valence-corrected chi connectivity index (χ2v) is 6.83. The fourth-order valence-corrected chi connectivity index (χ4v) is 3.33. The number of piperidine rings is 1. The fraction of sp³-hybridized carbons (Fsp3) is 0.381. The number of non-ortho nitro benzene ring substituents is 1. The van der Waals surface area contributed by atoms with E-state index in [2.05, 4.69) is 0 Å². The lowest BCUT2D eigenvalue weighted by Gasteiger charge is -2.32. The third-order valence-corrected chi connectivity index (χ3v) is 4.81. The SMILES string of the molecule is O=C(CCc1ccccc1)N1CCCC(OCc2cccc([N+](=O)[O-])c2)C1. The molecule has 0 bridgehead atoms. The largest absolute Gasteiger partial charge is 0.372 e. The summed E-state index contributed by atoms with van der Waals surface area (Å²) in [5.41, 5.74) is 2.01. The van der Waals surface area contributed by atoms with E-state index in [9.17, 15) is 14.9 Å². The van der Waals surface area contributed by atoms with Crippen LogP contribution in [0.4, 0.5) is 5.69 Å². The van der Waals surface area contributed by atoms with Crippen LogP contribution in [0.15, 0.2) is 54.6 Å². The molecule has 1 fully saturated rings. The Morgan fingerprint density at radius 2 is 1.93 bits per heavy atom. The van der Waals surface area contributed by atoms with Crippen LogP contribution in [0.25, 0.3) is 0 Å². The highest BCUT2D eigenvalue weighted by Gasteiger charge is 2.24. The normalized spacial score (nSPS) is 16.9. The summed E-state index contributed by atoms with van der Waals surface area (Å²) < 4.78 is 5.93. The summed E-state index contributed by atoms with van der Waals surface area (Å²) in [5.74, 6) is 0.155. The molecule has 1 atom stereocenters. The van der Waals surface area contributed by atoms with E-state index in [0.29, 0.717) is 19.6 Å². The molecule has 0 radical (unpaired) electrons. The van der Waals surface area contributed by atoms with Gasteiger partial charge in [0.2, 0.25) is 5.91 Å². The molecule has 27 heavy (non-hydrogen) atoms. The molecule has 3 rings (SSSR count). The number of carbonyl (C=O) groups is 1. The van der Waals surface area contributed by atoms with Crippen molar-refractivity contribution in [1.82, 2.24) is 4.90 Å². The molecule has 2 aromatic rings. The monoisotopic (exact) mass is 368 g/mol. The smallest absolute Gasteiger partial charge is 0.269 e. The van der Waals surface area contributed by atoms with Crippen LogP contribution in [-0.4, -0.2) is 34.9 Å². The Kier molecular flexibility index (Phi) is 6.54. The molecule has 2 aromatic carbocycles. The van der Waals surface area contributed by atoms with E-state index in [1.165, 1.54) is 17.7 Å². The number of ether oxygens (including phenoxy) is 1. The topological polar surface area (TPSA) is 72.7 Å². The van der Waals surface area contributed by atoms with Gasteiger partial charge in [0.05, 0.1) is 17.6 Å². The molecule has 142 valence electrons. The summed E-state index contributed by atoms with van der Waals surface area (Å²) in [6.45, 7) is 1.67. The van der Waals surface area contributed by atoms with Crippen LogP contribution in [0.1, 0.15) is 30.4 Å². The van der Waals surface area contributed by atoms with Crippen molar-refractivity contribution in [3.8, 4) is 0 Å². The van der Waals surface area contributed by atoms with Gasteiger partial charge in [-0.15, -0.1) is 0 Å². The fourth-order valence-electron chi connectivity index (χ4n) is 3.33. The Morgan fingerprint density at radius 1 is 1.15 bits per heavy atom. The Hall–Kier alpha value is -2.73. The maximum absolute atomic E-state index is 12.5. The van der Waals surface area contributed by atoms with Crippen LogP contribution in [-0.2, 0) is 22.6 Å². The van der Waals surface area contributed by atoms with Gasteiger partial charge < -0.3 is 9.64 Å². The number of nitrogens with zero attached hydrogens (tertiary/aromatic N) is 2. The first kappa shape index (κ1) is 19.0. The molecule has 1 aliphatic heterocycles. The number of aryl methyl sites for hydroxylation is 1. The first-order chi connectivity index (χ1) is 13.1. The lowest BCUT2D eigenvalue weighted by atomic mass is 10.1. The zero-order valence-electron chi connectivity index (χ0n) is 15.3. The predicted octanol–water partition coefficient (Wildman–Crippen LogP) is 3.74. The standard InChI is InChI=1S/C21H24N2O4/c24-21(12-11-17-6-2-1-3-7-17)22-13-5-10-20(15-22)27-16-18-8-4-9-19(14-18)23(25)26/h1-4,6-9,14,20H,5,10-13,15-16H2. The molecule has 1 saturated heterocycles. The highest BCUT2D eigenvalue weighted by molar-refractivity contribution is 5.76. The van der Waals surface area contributed by atoms with Gasteiger partial charge in [-0.3, -0.25) is 14.9 Å². The van der Waals surface area contributed by atoms with Crippen molar-refractivity contribution in [1.29, 1.82) is 0 Å². The van der Waals surface area contributed by atoms with Crippen molar-refractivity contribution in [2.45, 2.75) is 38.4 Å². The third kappa shape index (κ3) is 5.62. The van der Waals surface area contributed by atoms with E-state index < -0.39 is 4.92 Å². The Bertz CT molecular complexity index is 779. The van der Waals surface area contributed by atoms with Gasteiger partial charge in [0.25, 0.3) is 5.69 Å². The van der Waals surface area contributed by atoms with E-state index in [4.69, 9.17) is 4.74 Å². The van der Waals surface area contributed by atoms with Gasteiger partial charge in [-0.2, -0.15) is 0 Å². The number of nitro benzene ring substituents is 1. The van der Waals surface area contributed by atoms with Crippen LogP contribution in [0.3, 0.4) is 0 Å². The van der Waals surface area contributed by atoms with E-state index in [-0.39, 0.29) is 17.7 Å². The summed E-state index contributed by atoms with van der Waals surface area (Å²) >= 11 is 0. The molecule has 1 aliphatic rings. The lowest BCUT2D eigenvalue weighted by molar-refractivity contribution is -0.385. The Balaban J connectivity index is 1.48. The summed E-state index contributed by atoms with van der Waals surface area (Å²) in [7, 11) is 0. The van der Waals surface area contributed by atoms with Crippen molar-refractivity contribution in [3.63, 3.8) is 0 Å². The second kappa shape index (κ2) is 9.28. The van der Waals surface area contributed by atoms with Crippen molar-refractivity contribution in [2.24, 2.45) is 0 Å². The second-order valence-electron chi connectivity index (χ2n) is 6.83. The quantitative estimate of drug-likeness (QED) is 0.551. The highest BCUT2D eigenvalue weighted by Crippen LogP contribution is 2.19. The number of hydrogen-bond donors (Lipinski definition) is 0. The van der Waals surface area contributed by atoms with Gasteiger partial charge in [-0.25, -0.2) is 0 Å². The number of nitro groups is 1. The maximum Gasteiger partial charge on any atom is 0.269 e.